The fraction of sp³-hybridized carbons (Fsp3) is 0.500. The third-order valence-corrected chi connectivity index (χ3v) is 6.94. The molecule has 2 aromatic rings. The van der Waals surface area contributed by atoms with Gasteiger partial charge in [-0.25, -0.2) is 0 Å². The molecule has 1 aromatic carbocycles. The summed E-state index contributed by atoms with van der Waals surface area (Å²) in [5, 5.41) is 14.5. The van der Waals surface area contributed by atoms with Crippen molar-refractivity contribution in [3.8, 4) is 0 Å². The average molecular weight is 488 g/mol. The third-order valence-electron chi connectivity index (χ3n) is 4.97. The molecule has 0 radical (unpaired) electrons. The van der Waals surface area contributed by atoms with Crippen LogP contribution in [0, 0.1) is 0 Å². The molecule has 1 saturated carbocycles. The molecule has 2 amide bonds. The van der Waals surface area contributed by atoms with Gasteiger partial charge in [-0.15, -0.1) is 10.2 Å². The van der Waals surface area contributed by atoms with Gasteiger partial charge in [0, 0.05) is 13.1 Å². The molecule has 32 heavy (non-hydrogen) atoms. The molecule has 12 heteroatoms. The summed E-state index contributed by atoms with van der Waals surface area (Å²) in [5.74, 6) is -1.01. The number of nitrogens with one attached hydrogen (secondary N) is 2. The summed E-state index contributed by atoms with van der Waals surface area (Å²) in [7, 11) is 1.42. The molecule has 1 fully saturated rings. The number of amides is 2. The Bertz CT molecular complexity index is 932. The predicted molar refractivity (Wildman–Crippen MR) is 119 cm³/mol. The van der Waals surface area contributed by atoms with E-state index in [2.05, 4.69) is 20.8 Å². The van der Waals surface area contributed by atoms with Crippen molar-refractivity contribution >= 4 is 45.7 Å². The third kappa shape index (κ3) is 7.09. The van der Waals surface area contributed by atoms with E-state index in [1.54, 1.807) is 0 Å². The number of aromatic nitrogens is 2. The molecule has 1 heterocycles. The fourth-order valence-electron chi connectivity index (χ4n) is 3.31. The van der Waals surface area contributed by atoms with Crippen LogP contribution < -0.4 is 10.6 Å². The van der Waals surface area contributed by atoms with Crippen molar-refractivity contribution in [3.05, 3.63) is 29.8 Å². The number of hydrogen-bond acceptors (Lipinski definition) is 7. The number of rotatable bonds is 8. The van der Waals surface area contributed by atoms with Crippen LogP contribution in [0.5, 0.6) is 0 Å². The Morgan fingerprint density at radius 1 is 1.19 bits per heavy atom. The Morgan fingerprint density at radius 2 is 1.91 bits per heavy atom. The van der Waals surface area contributed by atoms with E-state index in [1.807, 2.05) is 0 Å². The first-order valence-electron chi connectivity index (χ1n) is 10.2. The van der Waals surface area contributed by atoms with E-state index in [4.69, 9.17) is 0 Å². The smallest absolute Gasteiger partial charge is 0.357 e. The van der Waals surface area contributed by atoms with Gasteiger partial charge in [0.25, 0.3) is 0 Å². The van der Waals surface area contributed by atoms with Gasteiger partial charge in [0.05, 0.1) is 23.5 Å². The molecule has 7 nitrogen and oxygen atoms in total. The van der Waals surface area contributed by atoms with Gasteiger partial charge >= 0.3 is 6.18 Å². The zero-order valence-corrected chi connectivity index (χ0v) is 19.1. The minimum absolute atomic E-state index is 0.0426. The number of nitrogens with zero attached hydrogens (tertiary/aromatic N) is 3. The van der Waals surface area contributed by atoms with E-state index in [0.717, 1.165) is 24.0 Å². The second-order valence-corrected chi connectivity index (χ2v) is 9.68. The summed E-state index contributed by atoms with van der Waals surface area (Å²) in [4.78, 5) is 25.7. The number of carbonyl (C=O) groups is 2. The first-order chi connectivity index (χ1) is 15.2. The molecule has 0 unspecified atom stereocenters. The van der Waals surface area contributed by atoms with Crippen LogP contribution in [0.15, 0.2) is 28.6 Å². The molecule has 3 rings (SSSR count). The predicted octanol–water partition coefficient (Wildman–Crippen LogP) is 4.49. The van der Waals surface area contributed by atoms with Crippen LogP contribution in [0.3, 0.4) is 0 Å². The molecule has 0 spiro atoms. The van der Waals surface area contributed by atoms with E-state index in [0.29, 0.717) is 10.4 Å². The monoisotopic (exact) mass is 487 g/mol. The van der Waals surface area contributed by atoms with Crippen LogP contribution in [0.4, 0.5) is 24.0 Å². The normalized spacial score (nSPS) is 14.8. The molecule has 174 valence electrons. The molecule has 1 aromatic heterocycles. The lowest BCUT2D eigenvalue weighted by molar-refractivity contribution is -0.137. The summed E-state index contributed by atoms with van der Waals surface area (Å²) in [6.07, 6.45) is 1.30. The van der Waals surface area contributed by atoms with Gasteiger partial charge < -0.3 is 15.5 Å². The maximum absolute atomic E-state index is 13.1. The van der Waals surface area contributed by atoms with Gasteiger partial charge in [-0.05, 0) is 25.0 Å². The molecular formula is C20H24F3N5O2S2. The van der Waals surface area contributed by atoms with Crippen molar-refractivity contribution in [1.29, 1.82) is 0 Å². The summed E-state index contributed by atoms with van der Waals surface area (Å²) in [6, 6.07) is 5.11. The maximum atomic E-state index is 13.1. The van der Waals surface area contributed by atoms with Crippen molar-refractivity contribution in [3.63, 3.8) is 0 Å². The largest absolute Gasteiger partial charge is 0.418 e. The highest BCUT2D eigenvalue weighted by molar-refractivity contribution is 8.01. The Hall–Kier alpha value is -2.34. The second-order valence-electron chi connectivity index (χ2n) is 7.48. The standard InChI is InChI=1S/C20H24F3N5O2S2/c1-28(11-16(29)25-15-10-6-5-9-14(15)20(21,22)23)17(30)12-31-19-27-26-18(32-19)24-13-7-3-2-4-8-13/h5-6,9-10,13H,2-4,7-8,11-12H2,1H3,(H,24,26)(H,25,29). The lowest BCUT2D eigenvalue weighted by atomic mass is 9.96. The van der Waals surface area contributed by atoms with Crippen molar-refractivity contribution in [2.75, 3.05) is 30.0 Å². The van der Waals surface area contributed by atoms with Crippen LogP contribution in [-0.2, 0) is 15.8 Å². The quantitative estimate of drug-likeness (QED) is 0.534. The fourth-order valence-corrected chi connectivity index (χ4v) is 5.08. The SMILES string of the molecule is CN(CC(=O)Nc1ccccc1C(F)(F)F)C(=O)CSc1nnc(NC2CCCCC2)s1. The van der Waals surface area contributed by atoms with Crippen LogP contribution in [0.2, 0.25) is 0 Å². The zero-order valence-electron chi connectivity index (χ0n) is 17.4. The Morgan fingerprint density at radius 3 is 2.62 bits per heavy atom. The van der Waals surface area contributed by atoms with Crippen molar-refractivity contribution in [2.24, 2.45) is 0 Å². The van der Waals surface area contributed by atoms with Gasteiger partial charge in [-0.1, -0.05) is 54.5 Å². The molecule has 1 aliphatic carbocycles. The number of para-hydroxylation sites is 1. The van der Waals surface area contributed by atoms with E-state index in [-0.39, 0.29) is 23.9 Å². The average Bonchev–Trinajstić information content (AvgIpc) is 3.19. The number of benzene rings is 1. The van der Waals surface area contributed by atoms with Gasteiger partial charge in [-0.3, -0.25) is 9.59 Å². The van der Waals surface area contributed by atoms with Crippen molar-refractivity contribution in [1.82, 2.24) is 15.1 Å². The number of likely N-dealkylation sites (N-methyl/N-ethyl adjacent to an activating group) is 1. The molecular weight excluding hydrogens is 463 g/mol. The van der Waals surface area contributed by atoms with Gasteiger partial charge in [0.2, 0.25) is 16.9 Å². The summed E-state index contributed by atoms with van der Waals surface area (Å²) in [6.45, 7) is -0.365. The number of alkyl halides is 3. The van der Waals surface area contributed by atoms with Crippen LogP contribution in [0.25, 0.3) is 0 Å². The summed E-state index contributed by atoms with van der Waals surface area (Å²) >= 11 is 2.58. The lowest BCUT2D eigenvalue weighted by Gasteiger charge is -2.21. The van der Waals surface area contributed by atoms with Crippen LogP contribution in [0.1, 0.15) is 37.7 Å². The Kier molecular flexibility index (Phi) is 8.35. The van der Waals surface area contributed by atoms with E-state index in [9.17, 15) is 22.8 Å². The molecule has 2 N–H and O–H groups in total. The van der Waals surface area contributed by atoms with E-state index >= 15 is 0 Å². The number of thioether (sulfide) groups is 1. The van der Waals surface area contributed by atoms with Crippen LogP contribution in [-0.4, -0.2) is 52.3 Å². The topological polar surface area (TPSA) is 87.2 Å². The molecule has 1 aliphatic rings. The Labute approximate surface area is 192 Å². The van der Waals surface area contributed by atoms with Crippen molar-refractivity contribution in [2.45, 2.75) is 48.7 Å². The van der Waals surface area contributed by atoms with Crippen LogP contribution >= 0.6 is 23.1 Å². The number of hydrogen-bond donors (Lipinski definition) is 2. The van der Waals surface area contributed by atoms with E-state index < -0.39 is 17.6 Å². The lowest BCUT2D eigenvalue weighted by Crippen LogP contribution is -2.36. The first-order valence-corrected chi connectivity index (χ1v) is 12.0. The maximum Gasteiger partial charge on any atom is 0.418 e. The van der Waals surface area contributed by atoms with Gasteiger partial charge in [0.1, 0.15) is 0 Å². The number of anilines is 2. The van der Waals surface area contributed by atoms with Crippen molar-refractivity contribution < 1.29 is 22.8 Å². The Balaban J connectivity index is 1.45. The summed E-state index contributed by atoms with van der Waals surface area (Å²) < 4.78 is 39.8. The van der Waals surface area contributed by atoms with Gasteiger partial charge in [0.15, 0.2) is 4.34 Å². The number of halogens is 3. The highest BCUT2D eigenvalue weighted by Gasteiger charge is 2.33. The zero-order chi connectivity index (χ0) is 23.1. The first kappa shape index (κ1) is 24.3. The highest BCUT2D eigenvalue weighted by Crippen LogP contribution is 2.34. The minimum atomic E-state index is -4.59. The minimum Gasteiger partial charge on any atom is -0.357 e. The van der Waals surface area contributed by atoms with E-state index in [1.165, 1.54) is 72.5 Å². The number of carbonyl (C=O) groups excluding carboxylic acids is 2. The molecule has 0 aliphatic heterocycles. The molecule has 0 atom stereocenters. The van der Waals surface area contributed by atoms with Gasteiger partial charge in [-0.2, -0.15) is 13.2 Å². The summed E-state index contributed by atoms with van der Waals surface area (Å²) in [5.41, 5.74) is -1.28. The second kappa shape index (κ2) is 11.0. The molecule has 0 bridgehead atoms. The highest BCUT2D eigenvalue weighted by atomic mass is 32.2. The molecule has 0 saturated heterocycles.